The van der Waals surface area contributed by atoms with E-state index in [0.29, 0.717) is 18.1 Å². The van der Waals surface area contributed by atoms with Crippen molar-refractivity contribution in [1.82, 2.24) is 4.90 Å². The lowest BCUT2D eigenvalue weighted by atomic mass is 9.67. The van der Waals surface area contributed by atoms with E-state index in [4.69, 9.17) is 27.6 Å². The van der Waals surface area contributed by atoms with Crippen LogP contribution in [0, 0.1) is 5.41 Å². The minimum atomic E-state index is -1.81. The Morgan fingerprint density at radius 1 is 1.05 bits per heavy atom. The Balaban J connectivity index is 1.71. The van der Waals surface area contributed by atoms with Crippen molar-refractivity contribution in [3.63, 3.8) is 0 Å². The lowest BCUT2D eigenvalue weighted by Crippen LogP contribution is -2.51. The second-order valence-corrected chi connectivity index (χ2v) is 18.9. The predicted octanol–water partition coefficient (Wildman–Crippen LogP) is 10.0. The summed E-state index contributed by atoms with van der Waals surface area (Å²) in [6.07, 6.45) is 7.96. The molecule has 1 saturated carbocycles. The Bertz CT molecular complexity index is 1080. The molecule has 2 aromatic rings. The maximum Gasteiger partial charge on any atom is 0.192 e. The molecule has 0 radical (unpaired) electrons. The zero-order valence-electron chi connectivity index (χ0n) is 23.6. The first-order valence-corrected chi connectivity index (χ1v) is 17.5. The molecule has 2 nitrogen and oxygen atoms in total. The first kappa shape index (κ1) is 28.9. The summed E-state index contributed by atoms with van der Waals surface area (Å²) in [5.74, 6) is 0.332. The standard InChI is InChI=1S/C32H45Cl2NOSi/c1-8-18-32(5)21-29(24-10-9-11-26(34)19-24)30(23-12-14-25(33)15-13-23)35(22-32)27-16-17-28(20-27)36-37(6,7)31(2,3)4/h8-15,19,27-30H,1,16-18,20-22H2,2-7H3/t27-,28+,29+,30+,32?/m0/s1. The van der Waals surface area contributed by atoms with Gasteiger partial charge in [-0.05, 0) is 91.0 Å². The van der Waals surface area contributed by atoms with Crippen molar-refractivity contribution in [3.05, 3.63) is 82.4 Å². The van der Waals surface area contributed by atoms with Gasteiger partial charge in [-0.3, -0.25) is 4.90 Å². The number of hydrogen-bond acceptors (Lipinski definition) is 2. The highest BCUT2D eigenvalue weighted by Gasteiger charge is 2.48. The normalized spacial score (nSPS) is 29.4. The molecule has 0 bridgehead atoms. The second kappa shape index (κ2) is 11.2. The van der Waals surface area contributed by atoms with Gasteiger partial charge in [0.15, 0.2) is 8.32 Å². The van der Waals surface area contributed by atoms with Crippen molar-refractivity contribution < 1.29 is 4.43 Å². The fraction of sp³-hybridized carbons (Fsp3) is 0.562. The molecular formula is C32H45Cl2NOSi. The summed E-state index contributed by atoms with van der Waals surface area (Å²) in [5, 5.41) is 1.81. The van der Waals surface area contributed by atoms with Gasteiger partial charge < -0.3 is 4.43 Å². The average molecular weight is 559 g/mol. The Kier molecular flexibility index (Phi) is 8.73. The van der Waals surface area contributed by atoms with Crippen molar-refractivity contribution in [3.8, 4) is 0 Å². The van der Waals surface area contributed by atoms with E-state index in [1.807, 2.05) is 18.2 Å². The maximum atomic E-state index is 6.93. The SMILES string of the molecule is C=CCC1(C)C[C@H](c2cccc(Cl)c2)[C@@H](c2ccc(Cl)cc2)N([C@H]2CC[C@@H](O[Si](C)(C)C(C)(C)C)C2)C1. The van der Waals surface area contributed by atoms with Crippen LogP contribution in [0.1, 0.15) is 82.9 Å². The van der Waals surface area contributed by atoms with Gasteiger partial charge in [-0.2, -0.15) is 0 Å². The van der Waals surface area contributed by atoms with E-state index in [1.54, 1.807) is 0 Å². The van der Waals surface area contributed by atoms with Crippen LogP contribution in [0.4, 0.5) is 0 Å². The summed E-state index contributed by atoms with van der Waals surface area (Å²) in [7, 11) is -1.81. The number of nitrogens with zero attached hydrogens (tertiary/aromatic N) is 1. The van der Waals surface area contributed by atoms with Crippen LogP contribution in [0.3, 0.4) is 0 Å². The Labute approximate surface area is 236 Å². The van der Waals surface area contributed by atoms with Gasteiger partial charge in [0.2, 0.25) is 0 Å². The fourth-order valence-corrected chi connectivity index (χ4v) is 8.10. The third-order valence-corrected chi connectivity index (χ3v) is 14.3. The number of hydrogen-bond donors (Lipinski definition) is 0. The van der Waals surface area contributed by atoms with Crippen LogP contribution < -0.4 is 0 Å². The molecule has 2 fully saturated rings. The minimum absolute atomic E-state index is 0.149. The van der Waals surface area contributed by atoms with E-state index in [9.17, 15) is 0 Å². The van der Waals surface area contributed by atoms with E-state index in [0.717, 1.165) is 42.3 Å². The van der Waals surface area contributed by atoms with Gasteiger partial charge in [-0.15, -0.1) is 6.58 Å². The largest absolute Gasteiger partial charge is 0.414 e. The van der Waals surface area contributed by atoms with E-state index in [2.05, 4.69) is 88.7 Å². The molecule has 2 aromatic carbocycles. The number of allylic oxidation sites excluding steroid dienone is 1. The number of benzene rings is 2. The Morgan fingerprint density at radius 3 is 2.38 bits per heavy atom. The molecule has 0 amide bonds. The number of rotatable bonds is 7. The smallest absolute Gasteiger partial charge is 0.192 e. The second-order valence-electron chi connectivity index (χ2n) is 13.3. The molecule has 5 heteroatoms. The quantitative estimate of drug-likeness (QED) is 0.248. The van der Waals surface area contributed by atoms with Crippen LogP contribution in [-0.4, -0.2) is 31.9 Å². The molecule has 1 saturated heterocycles. The topological polar surface area (TPSA) is 12.5 Å². The van der Waals surface area contributed by atoms with Crippen molar-refractivity contribution in [2.45, 2.75) is 102 Å². The summed E-state index contributed by atoms with van der Waals surface area (Å²) in [6, 6.07) is 17.8. The van der Waals surface area contributed by atoms with E-state index >= 15 is 0 Å². The molecule has 2 aliphatic rings. The Morgan fingerprint density at radius 2 is 1.76 bits per heavy atom. The maximum absolute atomic E-state index is 6.93. The Hall–Kier alpha value is -1.10. The van der Waals surface area contributed by atoms with Crippen LogP contribution in [0.5, 0.6) is 0 Å². The summed E-state index contributed by atoms with van der Waals surface area (Å²) in [5.41, 5.74) is 2.80. The first-order chi connectivity index (χ1) is 17.3. The van der Waals surface area contributed by atoms with Gasteiger partial charge in [-0.1, -0.05) is 81.2 Å². The number of likely N-dealkylation sites (tertiary alicyclic amines) is 1. The van der Waals surface area contributed by atoms with Crippen LogP contribution in [0.25, 0.3) is 0 Å². The highest BCUT2D eigenvalue weighted by Crippen LogP contribution is 2.53. The predicted molar refractivity (Wildman–Crippen MR) is 162 cm³/mol. The van der Waals surface area contributed by atoms with Crippen molar-refractivity contribution >= 4 is 31.5 Å². The monoisotopic (exact) mass is 557 g/mol. The highest BCUT2D eigenvalue weighted by molar-refractivity contribution is 6.74. The molecule has 5 atom stereocenters. The minimum Gasteiger partial charge on any atom is -0.414 e. The third-order valence-electron chi connectivity index (χ3n) is 9.23. The summed E-state index contributed by atoms with van der Waals surface area (Å²) in [6.45, 7) is 19.4. The zero-order chi connectivity index (χ0) is 27.0. The van der Waals surface area contributed by atoms with Crippen LogP contribution >= 0.6 is 23.2 Å². The van der Waals surface area contributed by atoms with Crippen molar-refractivity contribution in [1.29, 1.82) is 0 Å². The van der Waals surface area contributed by atoms with Crippen molar-refractivity contribution in [2.75, 3.05) is 6.54 Å². The average Bonchev–Trinajstić information content (AvgIpc) is 3.26. The van der Waals surface area contributed by atoms with Gasteiger partial charge >= 0.3 is 0 Å². The van der Waals surface area contributed by atoms with Crippen LogP contribution in [-0.2, 0) is 4.43 Å². The summed E-state index contributed by atoms with van der Waals surface area (Å²) in [4.78, 5) is 2.82. The molecule has 4 rings (SSSR count). The number of halogens is 2. The molecule has 0 N–H and O–H groups in total. The van der Waals surface area contributed by atoms with E-state index in [-0.39, 0.29) is 16.5 Å². The molecule has 0 spiro atoms. The van der Waals surface area contributed by atoms with Gasteiger partial charge in [0.25, 0.3) is 0 Å². The molecule has 202 valence electrons. The summed E-state index contributed by atoms with van der Waals surface area (Å²) >= 11 is 12.9. The molecule has 1 aliphatic carbocycles. The molecular weight excluding hydrogens is 513 g/mol. The molecule has 37 heavy (non-hydrogen) atoms. The number of piperidine rings is 1. The van der Waals surface area contributed by atoms with E-state index < -0.39 is 8.32 Å². The van der Waals surface area contributed by atoms with Gasteiger partial charge in [-0.25, -0.2) is 0 Å². The molecule has 1 unspecified atom stereocenters. The molecule has 1 heterocycles. The van der Waals surface area contributed by atoms with Crippen LogP contribution in [0.15, 0.2) is 61.2 Å². The summed E-state index contributed by atoms with van der Waals surface area (Å²) < 4.78 is 6.93. The fourth-order valence-electron chi connectivity index (χ4n) is 6.37. The lowest BCUT2D eigenvalue weighted by Gasteiger charge is -2.52. The highest BCUT2D eigenvalue weighted by atomic mass is 35.5. The van der Waals surface area contributed by atoms with Crippen molar-refractivity contribution in [2.24, 2.45) is 5.41 Å². The van der Waals surface area contributed by atoms with E-state index in [1.165, 1.54) is 17.5 Å². The van der Waals surface area contributed by atoms with Gasteiger partial charge in [0.05, 0.1) is 0 Å². The van der Waals surface area contributed by atoms with Gasteiger partial charge in [0, 0.05) is 40.7 Å². The zero-order valence-corrected chi connectivity index (χ0v) is 26.1. The van der Waals surface area contributed by atoms with Gasteiger partial charge in [0.1, 0.15) is 0 Å². The first-order valence-electron chi connectivity index (χ1n) is 13.9. The molecule has 0 aromatic heterocycles. The molecule has 1 aliphatic heterocycles. The van der Waals surface area contributed by atoms with Crippen LogP contribution in [0.2, 0.25) is 28.2 Å². The third kappa shape index (κ3) is 6.56. The lowest BCUT2D eigenvalue weighted by molar-refractivity contribution is 0.000770.